The number of hydrogen-bond donors (Lipinski definition) is 1. The molecule has 0 saturated carbocycles. The molecule has 0 saturated heterocycles. The summed E-state index contributed by atoms with van der Waals surface area (Å²) < 4.78 is 0. The highest BCUT2D eigenvalue weighted by Crippen LogP contribution is 2.41. The van der Waals surface area contributed by atoms with Crippen LogP contribution in [-0.4, -0.2) is 16.9 Å². The van der Waals surface area contributed by atoms with Gasteiger partial charge >= 0.3 is 5.97 Å². The highest BCUT2D eigenvalue weighted by Gasteiger charge is 2.26. The monoisotopic (exact) mass is 402 g/mol. The number of unbranched alkanes of at least 4 members (excludes halogenated alkanes) is 1. The van der Waals surface area contributed by atoms with Crippen LogP contribution in [-0.2, 0) is 17.6 Å². The third kappa shape index (κ3) is 4.72. The summed E-state index contributed by atoms with van der Waals surface area (Å²) >= 11 is 0. The van der Waals surface area contributed by atoms with E-state index < -0.39 is 11.9 Å². The maximum atomic E-state index is 12.9. The van der Waals surface area contributed by atoms with E-state index in [1.807, 2.05) is 30.3 Å². The summed E-state index contributed by atoms with van der Waals surface area (Å²) in [5.41, 5.74) is 7.55. The Hall–Kier alpha value is -2.68. The summed E-state index contributed by atoms with van der Waals surface area (Å²) in [6, 6.07) is 16.3. The Morgan fingerprint density at radius 3 is 2.57 bits per heavy atom. The molecule has 30 heavy (non-hydrogen) atoms. The van der Waals surface area contributed by atoms with Crippen molar-refractivity contribution in [2.24, 2.45) is 5.92 Å². The number of fused-ring (bicyclic) bond motifs is 2. The van der Waals surface area contributed by atoms with Crippen LogP contribution in [0.1, 0.15) is 78.4 Å². The van der Waals surface area contributed by atoms with Crippen molar-refractivity contribution in [3.63, 3.8) is 0 Å². The number of aliphatic carboxylic acids is 1. The second kappa shape index (κ2) is 9.42. The highest BCUT2D eigenvalue weighted by molar-refractivity contribution is 5.98. The normalized spacial score (nSPS) is 16.1. The lowest BCUT2D eigenvalue weighted by atomic mass is 9.90. The second-order valence-electron chi connectivity index (χ2n) is 8.73. The van der Waals surface area contributed by atoms with Crippen LogP contribution in [0.4, 0.5) is 0 Å². The van der Waals surface area contributed by atoms with Crippen molar-refractivity contribution in [3.05, 3.63) is 76.4 Å². The van der Waals surface area contributed by atoms with E-state index in [4.69, 9.17) is 0 Å². The van der Waals surface area contributed by atoms with Crippen LogP contribution >= 0.6 is 0 Å². The first-order chi connectivity index (χ1) is 14.6. The van der Waals surface area contributed by atoms with Gasteiger partial charge in [-0.05, 0) is 79.7 Å². The average Bonchev–Trinajstić information content (AvgIpc) is 3.14. The quantitative estimate of drug-likeness (QED) is 0.398. The predicted octanol–water partition coefficient (Wildman–Crippen LogP) is 6.26. The average molecular weight is 403 g/mol. The van der Waals surface area contributed by atoms with Gasteiger partial charge in [0.15, 0.2) is 5.78 Å². The van der Waals surface area contributed by atoms with Gasteiger partial charge in [0.05, 0.1) is 5.92 Å². The molecule has 1 N–H and O–H groups in total. The first kappa shape index (κ1) is 20.6. The first-order valence-electron chi connectivity index (χ1n) is 11.3. The molecule has 0 heterocycles. The summed E-state index contributed by atoms with van der Waals surface area (Å²) in [6.45, 7) is 0. The van der Waals surface area contributed by atoms with Gasteiger partial charge in [0.2, 0.25) is 0 Å². The largest absolute Gasteiger partial charge is 0.481 e. The molecule has 0 aromatic heterocycles. The Bertz CT molecular complexity index is 955. The maximum absolute atomic E-state index is 12.9. The molecule has 2 aliphatic carbocycles. The lowest BCUT2D eigenvalue weighted by molar-refractivity contribution is -0.141. The van der Waals surface area contributed by atoms with Gasteiger partial charge < -0.3 is 5.11 Å². The number of carboxylic acids is 1. The molecule has 156 valence electrons. The molecule has 0 spiro atoms. The SMILES string of the molecule is O=C(C[C@H](CCCCc1ccccc1)C(=O)O)c1ccc2c(c1)CC1=C2CCCC1. The summed E-state index contributed by atoms with van der Waals surface area (Å²) in [7, 11) is 0. The summed E-state index contributed by atoms with van der Waals surface area (Å²) in [5, 5.41) is 9.62. The first-order valence-corrected chi connectivity index (χ1v) is 11.3. The number of carboxylic acid groups (broad SMARTS) is 1. The van der Waals surface area contributed by atoms with E-state index in [2.05, 4.69) is 18.2 Å². The van der Waals surface area contributed by atoms with E-state index in [0.29, 0.717) is 12.0 Å². The Morgan fingerprint density at radius 2 is 1.77 bits per heavy atom. The standard InChI is InChI=1S/C27H30O3/c28-26(18-22(27(29)30)12-5-4-10-19-8-2-1-3-9-19)21-14-15-25-23(17-21)16-20-11-6-7-13-24(20)25/h1-3,8-9,14-15,17,22H,4-7,10-13,16,18H2,(H,29,30)/t22-/m0/s1. The Kier molecular flexibility index (Phi) is 6.47. The number of aryl methyl sites for hydroxylation is 1. The van der Waals surface area contributed by atoms with E-state index in [1.165, 1.54) is 41.5 Å². The maximum Gasteiger partial charge on any atom is 0.306 e. The number of Topliss-reactive ketones (excluding diaryl/α,β-unsaturated/α-hetero) is 1. The van der Waals surface area contributed by atoms with Crippen molar-refractivity contribution in [1.29, 1.82) is 0 Å². The molecule has 0 radical (unpaired) electrons. The van der Waals surface area contributed by atoms with Crippen LogP contribution < -0.4 is 0 Å². The number of benzene rings is 2. The van der Waals surface area contributed by atoms with E-state index in [1.54, 1.807) is 5.57 Å². The van der Waals surface area contributed by atoms with Crippen molar-refractivity contribution >= 4 is 17.3 Å². The second-order valence-corrected chi connectivity index (χ2v) is 8.73. The number of rotatable bonds is 9. The molecular weight excluding hydrogens is 372 g/mol. The Labute approximate surface area is 178 Å². The molecule has 4 rings (SSSR count). The van der Waals surface area contributed by atoms with Gasteiger partial charge in [-0.15, -0.1) is 0 Å². The van der Waals surface area contributed by atoms with Gasteiger partial charge in [-0.3, -0.25) is 9.59 Å². The van der Waals surface area contributed by atoms with Gasteiger partial charge in [-0.1, -0.05) is 54.5 Å². The fraction of sp³-hybridized carbons (Fsp3) is 0.407. The van der Waals surface area contributed by atoms with Gasteiger partial charge in [0.1, 0.15) is 0 Å². The molecule has 0 amide bonds. The fourth-order valence-electron chi connectivity index (χ4n) is 4.94. The van der Waals surface area contributed by atoms with E-state index in [9.17, 15) is 14.7 Å². The van der Waals surface area contributed by atoms with Crippen LogP contribution in [0.2, 0.25) is 0 Å². The van der Waals surface area contributed by atoms with Crippen LogP contribution in [0.15, 0.2) is 54.1 Å². The zero-order chi connectivity index (χ0) is 20.9. The predicted molar refractivity (Wildman–Crippen MR) is 120 cm³/mol. The summed E-state index contributed by atoms with van der Waals surface area (Å²) in [6.07, 6.45) is 9.17. The zero-order valence-electron chi connectivity index (χ0n) is 17.5. The van der Waals surface area contributed by atoms with Crippen molar-refractivity contribution < 1.29 is 14.7 Å². The molecule has 2 aliphatic rings. The van der Waals surface area contributed by atoms with Gasteiger partial charge in [0, 0.05) is 12.0 Å². The molecule has 2 aromatic rings. The Balaban J connectivity index is 1.33. The lowest BCUT2D eigenvalue weighted by Gasteiger charge is -2.14. The number of carbonyl (C=O) groups excluding carboxylic acids is 1. The number of carbonyl (C=O) groups is 2. The minimum Gasteiger partial charge on any atom is -0.481 e. The van der Waals surface area contributed by atoms with Gasteiger partial charge in [0.25, 0.3) is 0 Å². The molecule has 0 fully saturated rings. The topological polar surface area (TPSA) is 54.4 Å². The minimum atomic E-state index is -0.860. The van der Waals surface area contributed by atoms with Crippen molar-refractivity contribution in [2.75, 3.05) is 0 Å². The number of allylic oxidation sites excluding steroid dienone is 2. The molecule has 3 heteroatoms. The lowest BCUT2D eigenvalue weighted by Crippen LogP contribution is -2.18. The molecule has 0 aliphatic heterocycles. The van der Waals surface area contributed by atoms with Crippen LogP contribution in [0, 0.1) is 5.92 Å². The number of ketones is 1. The molecule has 0 unspecified atom stereocenters. The van der Waals surface area contributed by atoms with Crippen LogP contribution in [0.3, 0.4) is 0 Å². The van der Waals surface area contributed by atoms with Crippen molar-refractivity contribution in [3.8, 4) is 0 Å². The third-order valence-electron chi connectivity index (χ3n) is 6.63. The Morgan fingerprint density at radius 1 is 0.967 bits per heavy atom. The minimum absolute atomic E-state index is 0.0434. The molecular formula is C27H30O3. The van der Waals surface area contributed by atoms with Crippen LogP contribution in [0.25, 0.3) is 5.57 Å². The summed E-state index contributed by atoms with van der Waals surface area (Å²) in [5.74, 6) is -1.51. The molecule has 3 nitrogen and oxygen atoms in total. The van der Waals surface area contributed by atoms with Crippen molar-refractivity contribution in [1.82, 2.24) is 0 Å². The van der Waals surface area contributed by atoms with E-state index in [0.717, 1.165) is 32.1 Å². The van der Waals surface area contributed by atoms with E-state index >= 15 is 0 Å². The molecule has 2 aromatic carbocycles. The zero-order valence-corrected chi connectivity index (χ0v) is 17.5. The fourth-order valence-corrected chi connectivity index (χ4v) is 4.94. The van der Waals surface area contributed by atoms with Crippen molar-refractivity contribution in [2.45, 2.75) is 64.2 Å². The molecule has 0 bridgehead atoms. The third-order valence-corrected chi connectivity index (χ3v) is 6.63. The highest BCUT2D eigenvalue weighted by atomic mass is 16.4. The van der Waals surface area contributed by atoms with Gasteiger partial charge in [-0.2, -0.15) is 0 Å². The summed E-state index contributed by atoms with van der Waals surface area (Å²) in [4.78, 5) is 24.6. The van der Waals surface area contributed by atoms with Gasteiger partial charge in [-0.25, -0.2) is 0 Å². The van der Waals surface area contributed by atoms with E-state index in [-0.39, 0.29) is 12.2 Å². The van der Waals surface area contributed by atoms with Crippen LogP contribution in [0.5, 0.6) is 0 Å². The molecule has 1 atom stereocenters. The number of hydrogen-bond acceptors (Lipinski definition) is 2. The smallest absolute Gasteiger partial charge is 0.306 e.